The molecule has 1 aliphatic rings. The van der Waals surface area contributed by atoms with Gasteiger partial charge in [0, 0.05) is 61.3 Å². The summed E-state index contributed by atoms with van der Waals surface area (Å²) in [4.78, 5) is 9.49. The van der Waals surface area contributed by atoms with Gasteiger partial charge >= 0.3 is 0 Å². The summed E-state index contributed by atoms with van der Waals surface area (Å²) in [6, 6.07) is 44.7. The van der Waals surface area contributed by atoms with Gasteiger partial charge in [-0.1, -0.05) is 118 Å². The van der Waals surface area contributed by atoms with Crippen LogP contribution in [-0.2, 0) is 37.3 Å². The fourth-order valence-electron chi connectivity index (χ4n) is 8.15. The van der Waals surface area contributed by atoms with Crippen LogP contribution in [0.5, 0.6) is 11.5 Å². The zero-order chi connectivity index (χ0) is 41.1. The molecule has 0 saturated heterocycles. The second kappa shape index (κ2) is 16.0. The van der Waals surface area contributed by atoms with Gasteiger partial charge < -0.3 is 19.1 Å². The van der Waals surface area contributed by atoms with Crippen LogP contribution < -0.4 is 14.5 Å². The number of benzene rings is 5. The first-order chi connectivity index (χ1) is 27.5. The zero-order valence-electron chi connectivity index (χ0n) is 36.5. The molecule has 0 spiro atoms. The van der Waals surface area contributed by atoms with Crippen LogP contribution in [0.4, 0.5) is 22.7 Å². The Bertz CT molecular complexity index is 2630. The van der Waals surface area contributed by atoms with E-state index in [1.54, 1.807) is 0 Å². The van der Waals surface area contributed by atoms with Crippen molar-refractivity contribution in [2.45, 2.75) is 111 Å². The Morgan fingerprint density at radius 1 is 0.627 bits per heavy atom. The number of aromatic nitrogens is 2. The van der Waals surface area contributed by atoms with Crippen LogP contribution in [0.2, 0.25) is 0 Å². The van der Waals surface area contributed by atoms with Crippen molar-refractivity contribution in [1.29, 1.82) is 0 Å². The molecule has 308 valence electrons. The predicted molar refractivity (Wildman–Crippen MR) is 244 cm³/mol. The fraction of sp³-hybridized carbons (Fsp3) is 0.321. The van der Waals surface area contributed by atoms with Crippen LogP contribution in [0.3, 0.4) is 0 Å². The van der Waals surface area contributed by atoms with E-state index >= 15 is 0 Å². The molecule has 5 nitrogen and oxygen atoms in total. The van der Waals surface area contributed by atoms with Gasteiger partial charge in [0.15, 0.2) is 0 Å². The van der Waals surface area contributed by atoms with E-state index in [9.17, 15) is 0 Å². The van der Waals surface area contributed by atoms with Gasteiger partial charge in [-0.05, 0) is 99.5 Å². The molecule has 0 bridgehead atoms. The van der Waals surface area contributed by atoms with E-state index in [-0.39, 0.29) is 37.3 Å². The maximum Gasteiger partial charge on any atom is 0.135 e. The van der Waals surface area contributed by atoms with E-state index in [1.807, 2.05) is 12.3 Å². The van der Waals surface area contributed by atoms with Crippen LogP contribution in [0.15, 0.2) is 109 Å². The molecule has 0 radical (unpaired) electrons. The van der Waals surface area contributed by atoms with E-state index in [2.05, 4.69) is 206 Å². The predicted octanol–water partition coefficient (Wildman–Crippen LogP) is 14.8. The molecule has 8 rings (SSSR count). The molecule has 59 heavy (non-hydrogen) atoms. The van der Waals surface area contributed by atoms with Crippen LogP contribution in [0.25, 0.3) is 27.6 Å². The van der Waals surface area contributed by atoms with Crippen molar-refractivity contribution in [3.63, 3.8) is 0 Å². The average molecular weight is 961 g/mol. The number of fused-ring (bicyclic) bond motifs is 4. The molecule has 5 aromatic carbocycles. The minimum absolute atomic E-state index is 0. The molecular formula is C53H57N4OPt-3. The van der Waals surface area contributed by atoms with Crippen molar-refractivity contribution in [3.8, 4) is 17.3 Å². The third-order valence-corrected chi connectivity index (χ3v) is 11.8. The summed E-state index contributed by atoms with van der Waals surface area (Å²) < 4.78 is 9.03. The van der Waals surface area contributed by atoms with E-state index in [4.69, 9.17) is 9.72 Å². The molecule has 0 amide bonds. The molecule has 0 aliphatic carbocycles. The first-order valence-corrected chi connectivity index (χ1v) is 20.9. The molecule has 0 N–H and O–H groups in total. The first-order valence-electron chi connectivity index (χ1n) is 20.9. The van der Waals surface area contributed by atoms with Crippen molar-refractivity contribution in [2.75, 3.05) is 9.80 Å². The van der Waals surface area contributed by atoms with Crippen molar-refractivity contribution < 1.29 is 25.8 Å². The summed E-state index contributed by atoms with van der Waals surface area (Å²) in [6.07, 6.45) is 4.12. The summed E-state index contributed by atoms with van der Waals surface area (Å²) >= 11 is 0. The minimum Gasteiger partial charge on any atom is -0.509 e. The van der Waals surface area contributed by atoms with Crippen LogP contribution in [0, 0.1) is 18.8 Å². The molecule has 7 aromatic rings. The quantitative estimate of drug-likeness (QED) is 0.142. The summed E-state index contributed by atoms with van der Waals surface area (Å²) in [7, 11) is 0. The number of pyridine rings is 1. The second-order valence-corrected chi connectivity index (χ2v) is 19.0. The monoisotopic (exact) mass is 960 g/mol. The molecule has 1 aliphatic heterocycles. The Hall–Kier alpha value is -4.86. The minimum atomic E-state index is -0.144. The van der Waals surface area contributed by atoms with E-state index in [1.165, 1.54) is 22.4 Å². The number of rotatable bonds is 8. The van der Waals surface area contributed by atoms with Crippen molar-refractivity contribution >= 4 is 44.6 Å². The SMILES string of the molecule is CCC(CC)c1ccc2c(c1)N(c1cccc(C(C)(C)C)c1)[CH-]N2c1[c-]c(Oc2[c-]c3c(cc2)c2ccccc2n3-c2cc(C(C)(C)C)ccn2)cc(C(C)(C)C)c1.[Pt]. The van der Waals surface area contributed by atoms with E-state index < -0.39 is 0 Å². The molecule has 0 atom stereocenters. The summed E-state index contributed by atoms with van der Waals surface area (Å²) in [5, 5.41) is 2.26. The number of nitrogens with zero attached hydrogens (tertiary/aromatic N) is 4. The molecule has 0 fully saturated rings. The number of anilines is 4. The van der Waals surface area contributed by atoms with Gasteiger partial charge in [-0.3, -0.25) is 0 Å². The second-order valence-electron chi connectivity index (χ2n) is 19.0. The maximum atomic E-state index is 6.82. The van der Waals surface area contributed by atoms with Crippen molar-refractivity contribution in [2.24, 2.45) is 0 Å². The molecule has 0 saturated carbocycles. The molecule has 2 aromatic heterocycles. The van der Waals surface area contributed by atoms with Crippen molar-refractivity contribution in [3.05, 3.63) is 150 Å². The normalized spacial score (nSPS) is 13.4. The molecule has 3 heterocycles. The maximum absolute atomic E-state index is 6.82. The summed E-state index contributed by atoms with van der Waals surface area (Å²) in [6.45, 7) is 27.1. The van der Waals surface area contributed by atoms with Gasteiger partial charge in [0.25, 0.3) is 0 Å². The van der Waals surface area contributed by atoms with Gasteiger partial charge in [-0.15, -0.1) is 53.6 Å². The van der Waals surface area contributed by atoms with Crippen LogP contribution in [-0.4, -0.2) is 9.55 Å². The van der Waals surface area contributed by atoms with Crippen LogP contribution >= 0.6 is 0 Å². The molecule has 6 heteroatoms. The van der Waals surface area contributed by atoms with Crippen LogP contribution in [0.1, 0.15) is 117 Å². The van der Waals surface area contributed by atoms with Gasteiger partial charge in [-0.2, -0.15) is 6.07 Å². The summed E-state index contributed by atoms with van der Waals surface area (Å²) in [5.74, 6) is 2.63. The van der Waals surface area contributed by atoms with Gasteiger partial charge in [0.1, 0.15) is 5.82 Å². The number of para-hydroxylation sites is 1. The Morgan fingerprint density at radius 3 is 2.05 bits per heavy atom. The molecular weight excluding hydrogens is 904 g/mol. The largest absolute Gasteiger partial charge is 0.509 e. The Morgan fingerprint density at radius 2 is 1.34 bits per heavy atom. The first kappa shape index (κ1) is 42.3. The van der Waals surface area contributed by atoms with E-state index in [0.717, 1.165) is 63.1 Å². The number of hydrogen-bond acceptors (Lipinski definition) is 4. The Labute approximate surface area is 366 Å². The number of ether oxygens (including phenoxy) is 1. The van der Waals surface area contributed by atoms with Gasteiger partial charge in [0.2, 0.25) is 0 Å². The summed E-state index contributed by atoms with van der Waals surface area (Å²) in [5.41, 5.74) is 11.3. The number of hydrogen-bond donors (Lipinski definition) is 0. The van der Waals surface area contributed by atoms with Crippen molar-refractivity contribution in [1.82, 2.24) is 9.55 Å². The third kappa shape index (κ3) is 8.21. The third-order valence-electron chi connectivity index (χ3n) is 11.8. The van der Waals surface area contributed by atoms with Gasteiger partial charge in [-0.25, -0.2) is 4.98 Å². The van der Waals surface area contributed by atoms with Gasteiger partial charge in [0.05, 0.1) is 0 Å². The van der Waals surface area contributed by atoms with E-state index in [0.29, 0.717) is 17.4 Å². The Kier molecular flexibility index (Phi) is 11.4. The average Bonchev–Trinajstić information content (AvgIpc) is 3.73. The Balaban J connectivity index is 0.00000528. The smallest absolute Gasteiger partial charge is 0.135 e. The fourth-order valence-corrected chi connectivity index (χ4v) is 8.15. The zero-order valence-corrected chi connectivity index (χ0v) is 38.7. The molecule has 0 unspecified atom stereocenters. The topological polar surface area (TPSA) is 33.5 Å². The standard InChI is InChI=1S/C53H57N4O.Pt/c1-12-35(13-2)36-21-24-47-49(27-36)55(40-18-16-17-37(28-40)51(3,4)5)34-56(47)41-29-39(53(9,10)11)30-43(32-41)58-42-22-23-45-44-19-14-15-20-46(44)57(48(45)33-42)50-31-38(25-26-54-50)52(6,7)8;/h14-31,34-35H,12-13H2,1-11H3;/q-3;.